The predicted molar refractivity (Wildman–Crippen MR) is 150 cm³/mol. The van der Waals surface area contributed by atoms with Crippen molar-refractivity contribution in [2.45, 2.75) is 0 Å². The molecule has 0 atom stereocenters. The van der Waals surface area contributed by atoms with Gasteiger partial charge in [-0.1, -0.05) is 6.07 Å². The fourth-order valence-corrected chi connectivity index (χ4v) is 4.64. The molecule has 6 aromatic rings. The summed E-state index contributed by atoms with van der Waals surface area (Å²) < 4.78 is 25.7. The van der Waals surface area contributed by atoms with Crippen LogP contribution in [0.25, 0.3) is 55.6 Å². The van der Waals surface area contributed by atoms with E-state index in [4.69, 9.17) is 9.47 Å². The van der Waals surface area contributed by atoms with Gasteiger partial charge in [0.1, 0.15) is 35.3 Å². The maximum absolute atomic E-state index is 14.6. The Hall–Kier alpha value is -4.76. The molecule has 0 aliphatic heterocycles. The van der Waals surface area contributed by atoms with Crippen molar-refractivity contribution in [1.29, 1.82) is 0 Å². The number of aromatic amines is 2. The zero-order valence-corrected chi connectivity index (χ0v) is 21.8. The fraction of sp³-hybridized carbons (Fsp3) is 0.167. The molecule has 2 aromatic carbocycles. The molecule has 4 aromatic heterocycles. The van der Waals surface area contributed by atoms with Crippen LogP contribution in [0.15, 0.2) is 73.2 Å². The molecule has 0 amide bonds. The SMILES string of the molecule is COc1cncc(-c2ccc3[nH]nc(-c4cc5c(-c6cc(F)cc(OCCN(C)C)c6)ccnc5[nH]4)c3c2)c1. The maximum atomic E-state index is 14.6. The summed E-state index contributed by atoms with van der Waals surface area (Å²) in [5.74, 6) is 0.828. The van der Waals surface area contributed by atoms with Gasteiger partial charge < -0.3 is 19.4 Å². The molecule has 0 saturated heterocycles. The molecule has 9 heteroatoms. The van der Waals surface area contributed by atoms with Crippen LogP contribution >= 0.6 is 0 Å². The Balaban J connectivity index is 1.40. The molecular weight excluding hydrogens is 495 g/mol. The molecular formula is C30H27FN6O2. The standard InChI is InChI=1S/C30H27FN6O2/c1-37(2)8-9-39-22-11-19(10-21(31)14-22)24-6-7-33-30-25(24)15-28(34-30)29-26-13-18(4-5-27(26)35-36-29)20-12-23(38-3)17-32-16-20/h4-7,10-17H,8-9H2,1-3H3,(H,33,34)(H,35,36). The number of fused-ring (bicyclic) bond motifs is 2. The van der Waals surface area contributed by atoms with Crippen molar-refractivity contribution in [2.75, 3.05) is 34.4 Å². The Morgan fingerprint density at radius 1 is 0.897 bits per heavy atom. The summed E-state index contributed by atoms with van der Waals surface area (Å²) in [4.78, 5) is 14.2. The van der Waals surface area contributed by atoms with E-state index in [0.29, 0.717) is 29.3 Å². The first-order chi connectivity index (χ1) is 19.0. The van der Waals surface area contributed by atoms with Crippen molar-refractivity contribution in [2.24, 2.45) is 0 Å². The Bertz CT molecular complexity index is 1790. The lowest BCUT2D eigenvalue weighted by atomic mass is 10.0. The van der Waals surface area contributed by atoms with Crippen molar-refractivity contribution < 1.29 is 13.9 Å². The molecule has 4 heterocycles. The van der Waals surface area contributed by atoms with Crippen LogP contribution in [0.5, 0.6) is 11.5 Å². The minimum Gasteiger partial charge on any atom is -0.495 e. The molecule has 0 bridgehead atoms. The number of benzene rings is 2. The lowest BCUT2D eigenvalue weighted by Crippen LogP contribution is -2.19. The molecule has 39 heavy (non-hydrogen) atoms. The first-order valence-corrected chi connectivity index (χ1v) is 12.5. The Morgan fingerprint density at radius 2 is 1.77 bits per heavy atom. The number of hydrogen-bond donors (Lipinski definition) is 2. The number of methoxy groups -OCH3 is 1. The Morgan fingerprint density at radius 3 is 2.62 bits per heavy atom. The Labute approximate surface area is 224 Å². The van der Waals surface area contributed by atoms with E-state index in [0.717, 1.165) is 50.9 Å². The van der Waals surface area contributed by atoms with Crippen LogP contribution in [-0.2, 0) is 0 Å². The molecule has 0 radical (unpaired) electrons. The molecule has 6 rings (SSSR count). The van der Waals surface area contributed by atoms with E-state index in [1.807, 2.05) is 55.4 Å². The number of pyridine rings is 2. The van der Waals surface area contributed by atoms with E-state index in [9.17, 15) is 4.39 Å². The molecule has 0 saturated carbocycles. The number of nitrogens with zero attached hydrogens (tertiary/aromatic N) is 4. The van der Waals surface area contributed by atoms with Gasteiger partial charge in [0.05, 0.1) is 24.5 Å². The van der Waals surface area contributed by atoms with Crippen LogP contribution < -0.4 is 9.47 Å². The maximum Gasteiger partial charge on any atom is 0.138 e. The summed E-state index contributed by atoms with van der Waals surface area (Å²) in [6.45, 7) is 1.20. The summed E-state index contributed by atoms with van der Waals surface area (Å²) in [5.41, 5.74) is 6.66. The summed E-state index contributed by atoms with van der Waals surface area (Å²) in [7, 11) is 5.56. The first kappa shape index (κ1) is 24.6. The summed E-state index contributed by atoms with van der Waals surface area (Å²) in [5, 5.41) is 9.53. The third-order valence-corrected chi connectivity index (χ3v) is 6.62. The highest BCUT2D eigenvalue weighted by Gasteiger charge is 2.16. The van der Waals surface area contributed by atoms with Crippen LogP contribution in [0.1, 0.15) is 0 Å². The molecule has 8 nitrogen and oxygen atoms in total. The number of rotatable bonds is 8. The summed E-state index contributed by atoms with van der Waals surface area (Å²) in [6, 6.07) is 16.7. The van der Waals surface area contributed by atoms with Gasteiger partial charge in [0.2, 0.25) is 0 Å². The number of aromatic nitrogens is 5. The van der Waals surface area contributed by atoms with E-state index in [1.165, 1.54) is 12.1 Å². The normalized spacial score (nSPS) is 11.5. The molecule has 0 fully saturated rings. The molecule has 0 unspecified atom stereocenters. The second-order valence-corrected chi connectivity index (χ2v) is 9.58. The lowest BCUT2D eigenvalue weighted by molar-refractivity contribution is 0.260. The number of ether oxygens (including phenoxy) is 2. The van der Waals surface area contributed by atoms with Crippen molar-refractivity contribution in [1.82, 2.24) is 30.0 Å². The first-order valence-electron chi connectivity index (χ1n) is 12.5. The van der Waals surface area contributed by atoms with Crippen molar-refractivity contribution in [3.63, 3.8) is 0 Å². The number of likely N-dealkylation sites (N-methyl/N-ethyl adjacent to an activating group) is 1. The van der Waals surface area contributed by atoms with Crippen LogP contribution in [0, 0.1) is 5.82 Å². The second-order valence-electron chi connectivity index (χ2n) is 9.58. The molecule has 0 spiro atoms. The number of H-pyrrole nitrogens is 2. The molecule has 2 N–H and O–H groups in total. The highest BCUT2D eigenvalue weighted by atomic mass is 19.1. The number of halogens is 1. The monoisotopic (exact) mass is 522 g/mol. The van der Waals surface area contributed by atoms with E-state index >= 15 is 0 Å². The van der Waals surface area contributed by atoms with Crippen molar-refractivity contribution >= 4 is 21.9 Å². The van der Waals surface area contributed by atoms with Crippen molar-refractivity contribution in [3.8, 4) is 45.1 Å². The minimum absolute atomic E-state index is 0.356. The van der Waals surface area contributed by atoms with E-state index in [-0.39, 0.29) is 5.82 Å². The third kappa shape index (κ3) is 4.92. The zero-order chi connectivity index (χ0) is 26.9. The van der Waals surface area contributed by atoms with Gasteiger partial charge in [0.25, 0.3) is 0 Å². The van der Waals surface area contributed by atoms with Gasteiger partial charge in [0, 0.05) is 41.3 Å². The third-order valence-electron chi connectivity index (χ3n) is 6.62. The summed E-state index contributed by atoms with van der Waals surface area (Å²) >= 11 is 0. The number of nitrogens with one attached hydrogen (secondary N) is 2. The lowest BCUT2D eigenvalue weighted by Gasteiger charge is -2.12. The van der Waals surface area contributed by atoms with Crippen LogP contribution in [0.3, 0.4) is 0 Å². The molecule has 196 valence electrons. The zero-order valence-electron chi connectivity index (χ0n) is 21.8. The van der Waals surface area contributed by atoms with Crippen LogP contribution in [0.2, 0.25) is 0 Å². The van der Waals surface area contributed by atoms with Gasteiger partial charge in [0.15, 0.2) is 0 Å². The average Bonchev–Trinajstić information content (AvgIpc) is 3.56. The van der Waals surface area contributed by atoms with Crippen molar-refractivity contribution in [3.05, 3.63) is 79.0 Å². The Kier molecular flexibility index (Phi) is 6.42. The highest BCUT2D eigenvalue weighted by Crippen LogP contribution is 2.36. The van der Waals surface area contributed by atoms with Gasteiger partial charge >= 0.3 is 0 Å². The van der Waals surface area contributed by atoms with E-state index in [2.05, 4.69) is 31.2 Å². The highest BCUT2D eigenvalue weighted by molar-refractivity contribution is 6.00. The summed E-state index contributed by atoms with van der Waals surface area (Å²) in [6.07, 6.45) is 5.20. The van der Waals surface area contributed by atoms with Gasteiger partial charge in [-0.2, -0.15) is 5.10 Å². The average molecular weight is 523 g/mol. The topological polar surface area (TPSA) is 91.9 Å². The van der Waals surface area contributed by atoms with Gasteiger partial charge in [-0.05, 0) is 73.3 Å². The van der Waals surface area contributed by atoms with Crippen LogP contribution in [-0.4, -0.2) is 64.4 Å². The molecule has 0 aliphatic carbocycles. The predicted octanol–water partition coefficient (Wildman–Crippen LogP) is 5.92. The smallest absolute Gasteiger partial charge is 0.138 e. The fourth-order valence-electron chi connectivity index (χ4n) is 4.64. The number of hydrogen-bond acceptors (Lipinski definition) is 6. The molecule has 0 aliphatic rings. The second kappa shape index (κ2) is 10.2. The van der Waals surface area contributed by atoms with E-state index in [1.54, 1.807) is 25.7 Å². The quantitative estimate of drug-likeness (QED) is 0.258. The van der Waals surface area contributed by atoms with E-state index < -0.39 is 0 Å². The largest absolute Gasteiger partial charge is 0.495 e. The van der Waals surface area contributed by atoms with Gasteiger partial charge in [-0.25, -0.2) is 9.37 Å². The van der Waals surface area contributed by atoms with Gasteiger partial charge in [-0.3, -0.25) is 10.1 Å². The van der Waals surface area contributed by atoms with Gasteiger partial charge in [-0.15, -0.1) is 0 Å². The van der Waals surface area contributed by atoms with Crippen LogP contribution in [0.4, 0.5) is 4.39 Å². The minimum atomic E-state index is -0.356.